The quantitative estimate of drug-likeness (QED) is 0.897. The molecule has 2 fully saturated rings. The van der Waals surface area contributed by atoms with Crippen LogP contribution in [-0.2, 0) is 0 Å². The van der Waals surface area contributed by atoms with Gasteiger partial charge in [0.15, 0.2) is 0 Å². The lowest BCUT2D eigenvalue weighted by molar-refractivity contribution is 0.0631. The van der Waals surface area contributed by atoms with Crippen LogP contribution in [0.3, 0.4) is 0 Å². The van der Waals surface area contributed by atoms with E-state index in [0.717, 1.165) is 32.7 Å². The van der Waals surface area contributed by atoms with Gasteiger partial charge in [-0.1, -0.05) is 6.42 Å². The largest absolute Gasteiger partial charge is 0.508 e. The summed E-state index contributed by atoms with van der Waals surface area (Å²) < 4.78 is 0. The standard InChI is InChI=1S/C19H29N3O2/c23-18-7-5-17(6-8-18)19(24)22-15-13-21(14-16-22)12-4-11-20-9-2-1-3-10-20/h5-8,23H,1-4,9-16H2. The van der Waals surface area contributed by atoms with E-state index in [1.165, 1.54) is 45.3 Å². The Kier molecular flexibility index (Phi) is 6.10. The van der Waals surface area contributed by atoms with Crippen LogP contribution in [0.25, 0.3) is 0 Å². The van der Waals surface area contributed by atoms with Gasteiger partial charge in [-0.3, -0.25) is 9.69 Å². The molecule has 0 spiro atoms. The van der Waals surface area contributed by atoms with Crippen LogP contribution < -0.4 is 0 Å². The molecule has 0 atom stereocenters. The first-order chi connectivity index (χ1) is 11.7. The van der Waals surface area contributed by atoms with Crippen LogP contribution in [0.5, 0.6) is 5.75 Å². The van der Waals surface area contributed by atoms with Crippen molar-refractivity contribution in [3.8, 4) is 5.75 Å². The number of rotatable bonds is 5. The molecule has 0 unspecified atom stereocenters. The van der Waals surface area contributed by atoms with Gasteiger partial charge in [0.2, 0.25) is 0 Å². The third-order valence-electron chi connectivity index (χ3n) is 5.17. The Balaban J connectivity index is 1.37. The fourth-order valence-electron chi connectivity index (χ4n) is 3.66. The Morgan fingerprint density at radius 3 is 2.04 bits per heavy atom. The smallest absolute Gasteiger partial charge is 0.253 e. The highest BCUT2D eigenvalue weighted by atomic mass is 16.3. The molecule has 0 saturated carbocycles. The summed E-state index contributed by atoms with van der Waals surface area (Å²) in [5.41, 5.74) is 0.659. The van der Waals surface area contributed by atoms with Gasteiger partial charge in [-0.25, -0.2) is 0 Å². The zero-order valence-electron chi connectivity index (χ0n) is 14.5. The molecule has 5 nitrogen and oxygen atoms in total. The predicted molar refractivity (Wildman–Crippen MR) is 95.4 cm³/mol. The molecule has 2 heterocycles. The molecule has 2 saturated heterocycles. The van der Waals surface area contributed by atoms with Gasteiger partial charge in [-0.15, -0.1) is 0 Å². The zero-order chi connectivity index (χ0) is 16.8. The highest BCUT2D eigenvalue weighted by Gasteiger charge is 2.22. The van der Waals surface area contributed by atoms with Gasteiger partial charge >= 0.3 is 0 Å². The zero-order valence-corrected chi connectivity index (χ0v) is 14.5. The van der Waals surface area contributed by atoms with Crippen molar-refractivity contribution < 1.29 is 9.90 Å². The number of phenolic OH excluding ortho intramolecular Hbond substituents is 1. The first-order valence-corrected chi connectivity index (χ1v) is 9.25. The minimum absolute atomic E-state index is 0.0722. The Hall–Kier alpha value is -1.59. The molecule has 2 aliphatic rings. The Labute approximate surface area is 144 Å². The van der Waals surface area contributed by atoms with Crippen molar-refractivity contribution in [1.29, 1.82) is 0 Å². The van der Waals surface area contributed by atoms with E-state index in [0.29, 0.717) is 5.56 Å². The third-order valence-corrected chi connectivity index (χ3v) is 5.17. The van der Waals surface area contributed by atoms with Gasteiger partial charge < -0.3 is 14.9 Å². The van der Waals surface area contributed by atoms with Gasteiger partial charge in [-0.2, -0.15) is 0 Å². The molecule has 0 bridgehead atoms. The number of amides is 1. The van der Waals surface area contributed by atoms with E-state index in [9.17, 15) is 9.90 Å². The average molecular weight is 331 g/mol. The third kappa shape index (κ3) is 4.71. The first kappa shape index (κ1) is 17.2. The van der Waals surface area contributed by atoms with Crippen molar-refractivity contribution in [2.45, 2.75) is 25.7 Å². The van der Waals surface area contributed by atoms with Gasteiger partial charge in [0.25, 0.3) is 5.91 Å². The summed E-state index contributed by atoms with van der Waals surface area (Å²) in [7, 11) is 0. The van der Waals surface area contributed by atoms with Crippen LogP contribution in [0.2, 0.25) is 0 Å². The monoisotopic (exact) mass is 331 g/mol. The maximum absolute atomic E-state index is 12.5. The Bertz CT molecular complexity index is 518. The van der Waals surface area contributed by atoms with Crippen LogP contribution in [-0.4, -0.2) is 78.1 Å². The minimum atomic E-state index is 0.0722. The lowest BCUT2D eigenvalue weighted by atomic mass is 10.1. The summed E-state index contributed by atoms with van der Waals surface area (Å²) in [6.45, 7) is 8.41. The predicted octanol–water partition coefficient (Wildman–Crippen LogP) is 2.03. The maximum atomic E-state index is 12.5. The number of benzene rings is 1. The van der Waals surface area contributed by atoms with Crippen LogP contribution in [0.4, 0.5) is 0 Å². The van der Waals surface area contributed by atoms with Crippen LogP contribution in [0.15, 0.2) is 24.3 Å². The number of piperazine rings is 1. The molecule has 2 aliphatic heterocycles. The number of carbonyl (C=O) groups is 1. The second kappa shape index (κ2) is 8.49. The fourth-order valence-corrected chi connectivity index (χ4v) is 3.66. The minimum Gasteiger partial charge on any atom is -0.508 e. The Morgan fingerprint density at radius 1 is 0.833 bits per heavy atom. The summed E-state index contributed by atoms with van der Waals surface area (Å²) in [5.74, 6) is 0.271. The Morgan fingerprint density at radius 2 is 1.42 bits per heavy atom. The van der Waals surface area contributed by atoms with Crippen LogP contribution >= 0.6 is 0 Å². The van der Waals surface area contributed by atoms with Crippen LogP contribution in [0.1, 0.15) is 36.0 Å². The number of hydrogen-bond donors (Lipinski definition) is 1. The second-order valence-corrected chi connectivity index (χ2v) is 6.94. The summed E-state index contributed by atoms with van der Waals surface area (Å²) >= 11 is 0. The fraction of sp³-hybridized carbons (Fsp3) is 0.632. The molecular formula is C19H29N3O2. The van der Waals surface area contributed by atoms with Gasteiger partial charge in [0.1, 0.15) is 5.75 Å². The molecule has 1 amide bonds. The molecule has 132 valence electrons. The molecule has 0 radical (unpaired) electrons. The van der Waals surface area contributed by atoms with Crippen molar-refractivity contribution in [3.63, 3.8) is 0 Å². The van der Waals surface area contributed by atoms with Crippen molar-refractivity contribution >= 4 is 5.91 Å². The van der Waals surface area contributed by atoms with E-state index >= 15 is 0 Å². The highest BCUT2D eigenvalue weighted by Crippen LogP contribution is 2.14. The van der Waals surface area contributed by atoms with Gasteiger partial charge in [0, 0.05) is 31.7 Å². The lowest BCUT2D eigenvalue weighted by Gasteiger charge is -2.35. The summed E-state index contributed by atoms with van der Waals surface area (Å²) in [5, 5.41) is 9.33. The number of phenols is 1. The van der Waals surface area contributed by atoms with Crippen molar-refractivity contribution in [1.82, 2.24) is 14.7 Å². The molecule has 24 heavy (non-hydrogen) atoms. The van der Waals surface area contributed by atoms with Crippen LogP contribution in [0, 0.1) is 0 Å². The van der Waals surface area contributed by atoms with Crippen molar-refractivity contribution in [2.24, 2.45) is 0 Å². The molecular weight excluding hydrogens is 302 g/mol. The normalized spacial score (nSPS) is 20.2. The number of nitrogens with zero attached hydrogens (tertiary/aromatic N) is 3. The number of hydrogen-bond acceptors (Lipinski definition) is 4. The van der Waals surface area contributed by atoms with Gasteiger partial charge in [-0.05, 0) is 69.7 Å². The molecule has 3 rings (SSSR count). The van der Waals surface area contributed by atoms with E-state index in [-0.39, 0.29) is 11.7 Å². The number of aromatic hydroxyl groups is 1. The van der Waals surface area contributed by atoms with E-state index < -0.39 is 0 Å². The first-order valence-electron chi connectivity index (χ1n) is 9.25. The van der Waals surface area contributed by atoms with E-state index in [1.807, 2.05) is 4.90 Å². The highest BCUT2D eigenvalue weighted by molar-refractivity contribution is 5.94. The summed E-state index contributed by atoms with van der Waals surface area (Å²) in [6, 6.07) is 6.54. The molecule has 1 aromatic rings. The molecule has 5 heteroatoms. The maximum Gasteiger partial charge on any atom is 0.253 e. The number of likely N-dealkylation sites (tertiary alicyclic amines) is 1. The van der Waals surface area contributed by atoms with E-state index in [1.54, 1.807) is 24.3 Å². The number of carbonyl (C=O) groups excluding carboxylic acids is 1. The van der Waals surface area contributed by atoms with Gasteiger partial charge in [0.05, 0.1) is 0 Å². The summed E-state index contributed by atoms with van der Waals surface area (Å²) in [4.78, 5) is 19.4. The van der Waals surface area contributed by atoms with Crippen molar-refractivity contribution in [3.05, 3.63) is 29.8 Å². The van der Waals surface area contributed by atoms with E-state index in [4.69, 9.17) is 0 Å². The average Bonchev–Trinajstić information content (AvgIpc) is 2.63. The molecule has 1 aromatic carbocycles. The topological polar surface area (TPSA) is 47.0 Å². The molecule has 0 aliphatic carbocycles. The number of piperidine rings is 1. The van der Waals surface area contributed by atoms with Crippen molar-refractivity contribution in [2.75, 3.05) is 52.4 Å². The lowest BCUT2D eigenvalue weighted by Crippen LogP contribution is -2.49. The summed E-state index contributed by atoms with van der Waals surface area (Å²) in [6.07, 6.45) is 5.34. The molecule has 0 aromatic heterocycles. The SMILES string of the molecule is O=C(c1ccc(O)cc1)N1CCN(CCCN2CCCCC2)CC1. The second-order valence-electron chi connectivity index (χ2n) is 6.94. The molecule has 1 N–H and O–H groups in total. The van der Waals surface area contributed by atoms with E-state index in [2.05, 4.69) is 9.80 Å².